The Kier molecular flexibility index (Phi) is 8.38. The normalized spacial score (nSPS) is 17.9. The van der Waals surface area contributed by atoms with Crippen LogP contribution in [0.5, 0.6) is 0 Å². The third-order valence-electron chi connectivity index (χ3n) is 5.01. The first-order valence-electron chi connectivity index (χ1n) is 8.21. The van der Waals surface area contributed by atoms with Gasteiger partial charge >= 0.3 is 0 Å². The number of amides is 1. The van der Waals surface area contributed by atoms with Crippen LogP contribution in [-0.4, -0.2) is 30.9 Å². The lowest BCUT2D eigenvalue weighted by atomic mass is 9.84. The van der Waals surface area contributed by atoms with E-state index in [1.54, 1.807) is 0 Å². The molecule has 2 atom stereocenters. The van der Waals surface area contributed by atoms with Crippen molar-refractivity contribution in [2.45, 2.75) is 39.2 Å². The van der Waals surface area contributed by atoms with Gasteiger partial charge in [-0.3, -0.25) is 4.79 Å². The third kappa shape index (κ3) is 5.66. The van der Waals surface area contributed by atoms with Crippen molar-refractivity contribution in [2.75, 3.05) is 20.1 Å². The molecule has 0 aliphatic carbocycles. The fourth-order valence-electron chi connectivity index (χ4n) is 3.18. The van der Waals surface area contributed by atoms with Gasteiger partial charge in [0.2, 0.25) is 5.91 Å². The van der Waals surface area contributed by atoms with Crippen LogP contribution in [0.15, 0.2) is 24.3 Å². The summed E-state index contributed by atoms with van der Waals surface area (Å²) in [5.74, 6) is 1.35. The van der Waals surface area contributed by atoms with E-state index < -0.39 is 0 Å². The van der Waals surface area contributed by atoms with E-state index in [0.717, 1.165) is 23.7 Å². The first-order valence-corrected chi connectivity index (χ1v) is 8.58. The molecule has 130 valence electrons. The van der Waals surface area contributed by atoms with E-state index in [4.69, 9.17) is 11.6 Å². The highest BCUT2D eigenvalue weighted by Gasteiger charge is 2.25. The molecule has 0 spiro atoms. The molecule has 23 heavy (non-hydrogen) atoms. The van der Waals surface area contributed by atoms with Crippen LogP contribution >= 0.6 is 24.0 Å². The second-order valence-corrected chi connectivity index (χ2v) is 6.94. The van der Waals surface area contributed by atoms with Crippen LogP contribution in [0.1, 0.15) is 44.7 Å². The number of carbonyl (C=O) groups excluding carboxylic acids is 1. The summed E-state index contributed by atoms with van der Waals surface area (Å²) < 4.78 is 0. The van der Waals surface area contributed by atoms with Gasteiger partial charge in [0.05, 0.1) is 6.04 Å². The standard InChI is InChI=1S/C18H27ClN2O.ClH/c1-13(15-8-10-20-11-9-15)12-18(22)21(3)14(2)16-4-6-17(19)7-5-16;/h4-7,13-15,20H,8-12H2,1-3H3;1H. The van der Waals surface area contributed by atoms with Crippen molar-refractivity contribution in [1.29, 1.82) is 0 Å². The highest BCUT2D eigenvalue weighted by atomic mass is 35.5. The summed E-state index contributed by atoms with van der Waals surface area (Å²) in [7, 11) is 1.90. The van der Waals surface area contributed by atoms with E-state index in [1.807, 2.05) is 36.2 Å². The largest absolute Gasteiger partial charge is 0.339 e. The quantitative estimate of drug-likeness (QED) is 0.850. The van der Waals surface area contributed by atoms with Gasteiger partial charge in [0.15, 0.2) is 0 Å². The fraction of sp³-hybridized carbons (Fsp3) is 0.611. The Balaban J connectivity index is 0.00000264. The fourth-order valence-corrected chi connectivity index (χ4v) is 3.31. The molecule has 2 rings (SSSR count). The van der Waals surface area contributed by atoms with Gasteiger partial charge < -0.3 is 10.2 Å². The van der Waals surface area contributed by atoms with Gasteiger partial charge in [-0.2, -0.15) is 0 Å². The number of hydrogen-bond donors (Lipinski definition) is 1. The first kappa shape index (κ1) is 20.3. The Hall–Kier alpha value is -0.770. The van der Waals surface area contributed by atoms with Crippen molar-refractivity contribution in [2.24, 2.45) is 11.8 Å². The Bertz CT molecular complexity index is 486. The Labute approximate surface area is 151 Å². The number of carbonyl (C=O) groups is 1. The first-order chi connectivity index (χ1) is 10.5. The second kappa shape index (κ2) is 9.51. The number of piperidine rings is 1. The molecule has 1 heterocycles. The molecule has 3 nitrogen and oxygen atoms in total. The van der Waals surface area contributed by atoms with Crippen LogP contribution in [0.25, 0.3) is 0 Å². The van der Waals surface area contributed by atoms with Gasteiger partial charge in [-0.15, -0.1) is 12.4 Å². The van der Waals surface area contributed by atoms with Crippen molar-refractivity contribution in [1.82, 2.24) is 10.2 Å². The van der Waals surface area contributed by atoms with E-state index >= 15 is 0 Å². The molecular formula is C18H28Cl2N2O. The van der Waals surface area contributed by atoms with Gasteiger partial charge in [0, 0.05) is 18.5 Å². The number of nitrogens with zero attached hydrogens (tertiary/aromatic N) is 1. The lowest BCUT2D eigenvalue weighted by Crippen LogP contribution is -2.35. The van der Waals surface area contributed by atoms with E-state index in [-0.39, 0.29) is 24.4 Å². The predicted molar refractivity (Wildman–Crippen MR) is 99.3 cm³/mol. The van der Waals surface area contributed by atoms with Crippen LogP contribution in [0, 0.1) is 11.8 Å². The van der Waals surface area contributed by atoms with Gasteiger partial charge in [-0.1, -0.05) is 30.7 Å². The molecule has 1 fully saturated rings. The summed E-state index contributed by atoms with van der Waals surface area (Å²) in [6.45, 7) is 6.45. The number of halogens is 2. The molecule has 1 aliphatic rings. The van der Waals surface area contributed by atoms with Crippen molar-refractivity contribution >= 4 is 29.9 Å². The highest BCUT2D eigenvalue weighted by molar-refractivity contribution is 6.30. The van der Waals surface area contributed by atoms with E-state index in [2.05, 4.69) is 19.2 Å². The summed E-state index contributed by atoms with van der Waals surface area (Å²) in [5.41, 5.74) is 1.12. The molecular weight excluding hydrogens is 331 g/mol. The molecule has 0 aromatic heterocycles. The lowest BCUT2D eigenvalue weighted by Gasteiger charge is -2.31. The average Bonchev–Trinajstić information content (AvgIpc) is 2.55. The summed E-state index contributed by atoms with van der Waals surface area (Å²) in [6, 6.07) is 7.82. The van der Waals surface area contributed by atoms with Crippen molar-refractivity contribution in [3.63, 3.8) is 0 Å². The smallest absolute Gasteiger partial charge is 0.223 e. The molecule has 0 bridgehead atoms. The van der Waals surface area contributed by atoms with Gasteiger partial charge in [0.25, 0.3) is 0 Å². The zero-order valence-electron chi connectivity index (χ0n) is 14.2. The van der Waals surface area contributed by atoms with Crippen LogP contribution in [-0.2, 0) is 4.79 Å². The molecule has 1 aliphatic heterocycles. The maximum absolute atomic E-state index is 12.6. The summed E-state index contributed by atoms with van der Waals surface area (Å²) in [5, 5.41) is 4.11. The highest BCUT2D eigenvalue weighted by Crippen LogP contribution is 2.27. The second-order valence-electron chi connectivity index (χ2n) is 6.50. The molecule has 2 unspecified atom stereocenters. The zero-order chi connectivity index (χ0) is 16.1. The van der Waals surface area contributed by atoms with E-state index in [1.165, 1.54) is 12.8 Å². The number of hydrogen-bond acceptors (Lipinski definition) is 2. The molecule has 0 saturated carbocycles. The van der Waals surface area contributed by atoms with Crippen LogP contribution in [0.4, 0.5) is 0 Å². The molecule has 1 aromatic carbocycles. The lowest BCUT2D eigenvalue weighted by molar-refractivity contribution is -0.133. The number of benzene rings is 1. The molecule has 5 heteroatoms. The zero-order valence-corrected chi connectivity index (χ0v) is 15.8. The van der Waals surface area contributed by atoms with Crippen molar-refractivity contribution < 1.29 is 4.79 Å². The minimum absolute atomic E-state index is 0. The van der Waals surface area contributed by atoms with Crippen LogP contribution in [0.2, 0.25) is 5.02 Å². The Morgan fingerprint density at radius 2 is 1.83 bits per heavy atom. The van der Waals surface area contributed by atoms with Gasteiger partial charge in [0.1, 0.15) is 0 Å². The summed E-state index contributed by atoms with van der Waals surface area (Å²) in [6.07, 6.45) is 3.01. The Morgan fingerprint density at radius 1 is 1.26 bits per heavy atom. The SMILES string of the molecule is CC(CC(=O)N(C)C(C)c1ccc(Cl)cc1)C1CCNCC1.Cl. The molecule has 0 radical (unpaired) electrons. The maximum atomic E-state index is 12.6. The molecule has 1 N–H and O–H groups in total. The van der Waals surface area contributed by atoms with Gasteiger partial charge in [-0.25, -0.2) is 0 Å². The maximum Gasteiger partial charge on any atom is 0.223 e. The molecule has 1 aromatic rings. The minimum atomic E-state index is 0. The monoisotopic (exact) mass is 358 g/mol. The van der Waals surface area contributed by atoms with Crippen molar-refractivity contribution in [3.8, 4) is 0 Å². The van der Waals surface area contributed by atoms with Crippen LogP contribution in [0.3, 0.4) is 0 Å². The molecule has 1 saturated heterocycles. The van der Waals surface area contributed by atoms with E-state index in [9.17, 15) is 4.79 Å². The summed E-state index contributed by atoms with van der Waals surface area (Å²) in [4.78, 5) is 14.4. The van der Waals surface area contributed by atoms with E-state index in [0.29, 0.717) is 18.3 Å². The molecule has 1 amide bonds. The third-order valence-corrected chi connectivity index (χ3v) is 5.26. The number of nitrogens with one attached hydrogen (secondary N) is 1. The number of rotatable bonds is 5. The average molecular weight is 359 g/mol. The van der Waals surface area contributed by atoms with Crippen molar-refractivity contribution in [3.05, 3.63) is 34.9 Å². The minimum Gasteiger partial charge on any atom is -0.339 e. The predicted octanol–water partition coefficient (Wildman–Crippen LogP) is 4.31. The Morgan fingerprint density at radius 3 is 2.39 bits per heavy atom. The summed E-state index contributed by atoms with van der Waals surface area (Å²) >= 11 is 5.93. The topological polar surface area (TPSA) is 32.3 Å². The van der Waals surface area contributed by atoms with Gasteiger partial charge in [-0.05, 0) is 62.4 Å². The van der Waals surface area contributed by atoms with Crippen LogP contribution < -0.4 is 5.32 Å².